The van der Waals surface area contributed by atoms with Crippen LogP contribution in [-0.4, -0.2) is 20.6 Å². The Morgan fingerprint density at radius 2 is 2.27 bits per heavy atom. The number of rotatable bonds is 4. The SMILES string of the molecule is CCSc1nc(NN)nc(C)c1[N+](=O)[O-]. The zero-order valence-corrected chi connectivity index (χ0v) is 9.17. The van der Waals surface area contributed by atoms with Crippen molar-refractivity contribution in [1.29, 1.82) is 0 Å². The van der Waals surface area contributed by atoms with Gasteiger partial charge in [-0.15, -0.1) is 0 Å². The summed E-state index contributed by atoms with van der Waals surface area (Å²) in [6.07, 6.45) is 0. The van der Waals surface area contributed by atoms with Crippen molar-refractivity contribution in [2.45, 2.75) is 18.9 Å². The van der Waals surface area contributed by atoms with Crippen molar-refractivity contribution in [2.24, 2.45) is 5.84 Å². The minimum Gasteiger partial charge on any atom is -0.292 e. The van der Waals surface area contributed by atoms with E-state index in [0.717, 1.165) is 0 Å². The summed E-state index contributed by atoms with van der Waals surface area (Å²) in [4.78, 5) is 18.1. The van der Waals surface area contributed by atoms with Crippen molar-refractivity contribution in [3.8, 4) is 0 Å². The number of anilines is 1. The summed E-state index contributed by atoms with van der Waals surface area (Å²) < 4.78 is 0. The molecule has 82 valence electrons. The Hall–Kier alpha value is -1.41. The van der Waals surface area contributed by atoms with E-state index in [1.54, 1.807) is 6.92 Å². The number of thioether (sulfide) groups is 1. The van der Waals surface area contributed by atoms with Crippen LogP contribution in [0, 0.1) is 17.0 Å². The molecule has 0 aliphatic carbocycles. The first-order chi connectivity index (χ1) is 7.10. The number of nitrogens with two attached hydrogens (primary N) is 1. The van der Waals surface area contributed by atoms with Crippen molar-refractivity contribution in [1.82, 2.24) is 9.97 Å². The van der Waals surface area contributed by atoms with E-state index in [9.17, 15) is 10.1 Å². The Morgan fingerprint density at radius 1 is 1.60 bits per heavy atom. The van der Waals surface area contributed by atoms with E-state index in [-0.39, 0.29) is 11.6 Å². The molecule has 1 heterocycles. The van der Waals surface area contributed by atoms with Crippen LogP contribution in [0.4, 0.5) is 11.6 Å². The Balaban J connectivity index is 3.28. The van der Waals surface area contributed by atoms with E-state index in [0.29, 0.717) is 16.5 Å². The molecule has 0 saturated heterocycles. The van der Waals surface area contributed by atoms with E-state index >= 15 is 0 Å². The van der Waals surface area contributed by atoms with Crippen LogP contribution in [0.5, 0.6) is 0 Å². The second-order valence-corrected chi connectivity index (χ2v) is 3.87. The van der Waals surface area contributed by atoms with Crippen LogP contribution in [0.25, 0.3) is 0 Å². The molecule has 0 spiro atoms. The molecule has 0 aromatic carbocycles. The lowest BCUT2D eigenvalue weighted by molar-refractivity contribution is -0.389. The Labute approximate surface area is 90.6 Å². The number of nitro groups is 1. The summed E-state index contributed by atoms with van der Waals surface area (Å²) in [5.74, 6) is 6.04. The van der Waals surface area contributed by atoms with Crippen molar-refractivity contribution in [2.75, 3.05) is 11.2 Å². The third-order valence-corrected chi connectivity index (χ3v) is 2.47. The highest BCUT2D eigenvalue weighted by molar-refractivity contribution is 7.99. The molecule has 0 aliphatic heterocycles. The summed E-state index contributed by atoms with van der Waals surface area (Å²) in [6, 6.07) is 0. The second kappa shape index (κ2) is 4.89. The first-order valence-electron chi connectivity index (χ1n) is 4.22. The summed E-state index contributed by atoms with van der Waals surface area (Å²) in [5, 5.41) is 11.1. The van der Waals surface area contributed by atoms with Gasteiger partial charge < -0.3 is 0 Å². The van der Waals surface area contributed by atoms with E-state index in [1.165, 1.54) is 11.8 Å². The van der Waals surface area contributed by atoms with Gasteiger partial charge >= 0.3 is 5.69 Å². The Bertz CT molecular complexity index is 384. The number of nitrogens with one attached hydrogen (secondary N) is 1. The quantitative estimate of drug-likeness (QED) is 0.261. The first kappa shape index (κ1) is 11.7. The van der Waals surface area contributed by atoms with E-state index in [2.05, 4.69) is 15.4 Å². The topological polar surface area (TPSA) is 107 Å². The van der Waals surface area contributed by atoms with Crippen molar-refractivity contribution < 1.29 is 4.92 Å². The van der Waals surface area contributed by atoms with Gasteiger partial charge in [0.2, 0.25) is 5.95 Å². The third kappa shape index (κ3) is 2.54. The largest absolute Gasteiger partial charge is 0.322 e. The summed E-state index contributed by atoms with van der Waals surface area (Å²) in [7, 11) is 0. The molecular formula is C7H11N5O2S. The van der Waals surface area contributed by atoms with Crippen LogP contribution in [0.1, 0.15) is 12.6 Å². The molecule has 0 saturated carbocycles. The van der Waals surface area contributed by atoms with Gasteiger partial charge in [0.25, 0.3) is 0 Å². The van der Waals surface area contributed by atoms with Crippen LogP contribution in [0.2, 0.25) is 0 Å². The van der Waals surface area contributed by atoms with Gasteiger partial charge in [-0.3, -0.25) is 15.5 Å². The van der Waals surface area contributed by atoms with Crippen LogP contribution in [0.15, 0.2) is 5.03 Å². The molecule has 0 bridgehead atoms. The molecule has 7 nitrogen and oxygen atoms in total. The normalized spacial score (nSPS) is 10.1. The Kier molecular flexibility index (Phi) is 3.81. The smallest absolute Gasteiger partial charge is 0.292 e. The van der Waals surface area contributed by atoms with Gasteiger partial charge in [0.1, 0.15) is 5.69 Å². The number of hydrogen-bond acceptors (Lipinski definition) is 7. The van der Waals surface area contributed by atoms with Crippen LogP contribution >= 0.6 is 11.8 Å². The number of aryl methyl sites for hydroxylation is 1. The summed E-state index contributed by atoms with van der Waals surface area (Å²) >= 11 is 1.29. The minimum absolute atomic E-state index is 0.0548. The van der Waals surface area contributed by atoms with Gasteiger partial charge in [-0.1, -0.05) is 18.7 Å². The maximum absolute atomic E-state index is 10.8. The lowest BCUT2D eigenvalue weighted by Crippen LogP contribution is -2.12. The lowest BCUT2D eigenvalue weighted by Gasteiger charge is -2.05. The van der Waals surface area contributed by atoms with Crippen molar-refractivity contribution >= 4 is 23.4 Å². The molecule has 0 amide bonds. The molecule has 0 unspecified atom stereocenters. The first-order valence-corrected chi connectivity index (χ1v) is 5.21. The average Bonchev–Trinajstić information content (AvgIpc) is 2.16. The predicted octanol–water partition coefficient (Wildman–Crippen LogP) is 1.09. The highest BCUT2D eigenvalue weighted by atomic mass is 32.2. The van der Waals surface area contributed by atoms with Gasteiger partial charge in [-0.25, -0.2) is 10.8 Å². The molecule has 15 heavy (non-hydrogen) atoms. The zero-order chi connectivity index (χ0) is 11.4. The fraction of sp³-hybridized carbons (Fsp3) is 0.429. The highest BCUT2D eigenvalue weighted by Gasteiger charge is 2.21. The minimum atomic E-state index is -0.479. The van der Waals surface area contributed by atoms with Crippen molar-refractivity contribution in [3.63, 3.8) is 0 Å². The van der Waals surface area contributed by atoms with Crippen LogP contribution in [-0.2, 0) is 0 Å². The number of hydrazine groups is 1. The van der Waals surface area contributed by atoms with E-state index in [4.69, 9.17) is 5.84 Å². The molecule has 1 aromatic heterocycles. The van der Waals surface area contributed by atoms with Gasteiger partial charge in [-0.05, 0) is 12.7 Å². The fourth-order valence-electron chi connectivity index (χ4n) is 1.05. The number of hydrogen-bond donors (Lipinski definition) is 2. The highest BCUT2D eigenvalue weighted by Crippen LogP contribution is 2.29. The molecule has 0 aliphatic rings. The molecular weight excluding hydrogens is 218 g/mol. The second-order valence-electron chi connectivity index (χ2n) is 2.62. The van der Waals surface area contributed by atoms with Crippen LogP contribution in [0.3, 0.4) is 0 Å². The molecule has 1 rings (SSSR count). The average molecular weight is 229 g/mol. The van der Waals surface area contributed by atoms with E-state index in [1.807, 2.05) is 6.92 Å². The standard InChI is InChI=1S/C7H11N5O2S/c1-3-15-6-5(12(13)14)4(2)9-7(10-6)11-8/h3,8H2,1-2H3,(H,9,10,11). The number of nitrogens with zero attached hydrogens (tertiary/aromatic N) is 3. The fourth-order valence-corrected chi connectivity index (χ4v) is 1.84. The molecule has 0 atom stereocenters. The molecule has 1 aromatic rings. The van der Waals surface area contributed by atoms with E-state index < -0.39 is 4.92 Å². The lowest BCUT2D eigenvalue weighted by atomic mass is 10.4. The molecule has 0 fully saturated rings. The summed E-state index contributed by atoms with van der Waals surface area (Å²) in [5.41, 5.74) is 2.52. The summed E-state index contributed by atoms with van der Waals surface area (Å²) in [6.45, 7) is 3.45. The molecule has 0 radical (unpaired) electrons. The molecule has 8 heteroatoms. The number of aromatic nitrogens is 2. The third-order valence-electron chi connectivity index (χ3n) is 1.62. The predicted molar refractivity (Wildman–Crippen MR) is 57.6 cm³/mol. The molecule has 3 N–H and O–H groups in total. The maximum Gasteiger partial charge on any atom is 0.322 e. The van der Waals surface area contributed by atoms with Gasteiger partial charge in [0, 0.05) is 0 Å². The number of nitrogen functional groups attached to an aromatic ring is 1. The maximum atomic E-state index is 10.8. The van der Waals surface area contributed by atoms with Gasteiger partial charge in [0.15, 0.2) is 5.03 Å². The Morgan fingerprint density at radius 3 is 2.73 bits per heavy atom. The van der Waals surface area contributed by atoms with Gasteiger partial charge in [-0.2, -0.15) is 4.98 Å². The van der Waals surface area contributed by atoms with Gasteiger partial charge in [0.05, 0.1) is 4.92 Å². The van der Waals surface area contributed by atoms with Crippen LogP contribution < -0.4 is 11.3 Å². The monoisotopic (exact) mass is 229 g/mol. The zero-order valence-electron chi connectivity index (χ0n) is 8.35. The van der Waals surface area contributed by atoms with Crippen molar-refractivity contribution in [3.05, 3.63) is 15.8 Å².